The maximum Gasteiger partial charge on any atom is 0.260 e. The van der Waals surface area contributed by atoms with Crippen LogP contribution in [0.4, 0.5) is 0 Å². The summed E-state index contributed by atoms with van der Waals surface area (Å²) in [5.41, 5.74) is 2.10. The van der Waals surface area contributed by atoms with E-state index in [0.29, 0.717) is 5.75 Å². The predicted molar refractivity (Wildman–Crippen MR) is 82.3 cm³/mol. The molecular weight excluding hydrogens is 266 g/mol. The van der Waals surface area contributed by atoms with E-state index >= 15 is 0 Å². The van der Waals surface area contributed by atoms with E-state index in [9.17, 15) is 9.90 Å². The molecule has 0 heterocycles. The molecule has 1 amide bonds. The molecule has 2 N–H and O–H groups in total. The van der Waals surface area contributed by atoms with Gasteiger partial charge in [0.2, 0.25) is 0 Å². The molecule has 0 fully saturated rings. The molecule has 4 nitrogen and oxygen atoms in total. The Morgan fingerprint density at radius 2 is 2.14 bits per heavy atom. The Kier molecular flexibility index (Phi) is 5.23. The number of carbonyl (C=O) groups is 1. The lowest BCUT2D eigenvalue weighted by atomic mass is 10.1. The molecule has 0 spiro atoms. The van der Waals surface area contributed by atoms with Gasteiger partial charge in [0, 0.05) is 6.04 Å². The predicted octanol–water partition coefficient (Wildman–Crippen LogP) is 2.74. The maximum atomic E-state index is 12.1. The van der Waals surface area contributed by atoms with Crippen LogP contribution < -0.4 is 10.1 Å². The Bertz CT molecular complexity index is 497. The number of aliphatic hydroxyl groups excluding tert-OH is 1. The number of benzene rings is 1. The Morgan fingerprint density at radius 1 is 1.43 bits per heavy atom. The lowest BCUT2D eigenvalue weighted by molar-refractivity contribution is -0.128. The molecule has 0 saturated carbocycles. The van der Waals surface area contributed by atoms with Crippen LogP contribution in [0.1, 0.15) is 57.3 Å². The van der Waals surface area contributed by atoms with Gasteiger partial charge in [0.1, 0.15) is 5.75 Å². The van der Waals surface area contributed by atoms with Gasteiger partial charge in [-0.05, 0) is 55.9 Å². The highest BCUT2D eigenvalue weighted by atomic mass is 16.5. The molecular formula is C17H25NO3. The quantitative estimate of drug-likeness (QED) is 0.847. The molecule has 116 valence electrons. The molecule has 0 saturated heterocycles. The highest BCUT2D eigenvalue weighted by Gasteiger charge is 2.22. The Morgan fingerprint density at radius 3 is 2.81 bits per heavy atom. The van der Waals surface area contributed by atoms with Gasteiger partial charge in [0.15, 0.2) is 6.10 Å². The summed E-state index contributed by atoms with van der Waals surface area (Å²) in [6, 6.07) is 5.87. The van der Waals surface area contributed by atoms with Crippen LogP contribution in [0, 0.1) is 0 Å². The van der Waals surface area contributed by atoms with Crippen LogP contribution in [0.5, 0.6) is 5.75 Å². The van der Waals surface area contributed by atoms with Crippen molar-refractivity contribution in [1.29, 1.82) is 0 Å². The molecule has 2 atom stereocenters. The third-order valence-corrected chi connectivity index (χ3v) is 4.17. The minimum atomic E-state index is -0.519. The van der Waals surface area contributed by atoms with Crippen LogP contribution in [0.2, 0.25) is 0 Å². The number of carbonyl (C=O) groups excluding carboxylic acids is 1. The number of aliphatic hydroxyl groups is 1. The molecule has 1 aromatic rings. The van der Waals surface area contributed by atoms with Crippen LogP contribution in [0.15, 0.2) is 18.2 Å². The topological polar surface area (TPSA) is 58.6 Å². The van der Waals surface area contributed by atoms with Crippen molar-refractivity contribution in [2.45, 2.75) is 64.7 Å². The van der Waals surface area contributed by atoms with Crippen LogP contribution in [-0.4, -0.2) is 23.2 Å². The van der Waals surface area contributed by atoms with Gasteiger partial charge < -0.3 is 15.2 Å². The summed E-state index contributed by atoms with van der Waals surface area (Å²) in [4.78, 5) is 12.1. The summed E-state index contributed by atoms with van der Waals surface area (Å²) in [5, 5.41) is 12.8. The Balaban J connectivity index is 1.96. The molecule has 1 aliphatic carbocycles. The Labute approximate surface area is 126 Å². The smallest absolute Gasteiger partial charge is 0.260 e. The van der Waals surface area contributed by atoms with Crippen molar-refractivity contribution < 1.29 is 14.6 Å². The fourth-order valence-corrected chi connectivity index (χ4v) is 2.71. The number of hydrogen-bond acceptors (Lipinski definition) is 3. The summed E-state index contributed by atoms with van der Waals surface area (Å²) < 4.78 is 5.73. The monoisotopic (exact) mass is 291 g/mol. The first-order valence-corrected chi connectivity index (χ1v) is 7.83. The number of aryl methyl sites for hydroxylation is 1. The van der Waals surface area contributed by atoms with E-state index in [1.54, 1.807) is 6.92 Å². The number of hydrogen-bond donors (Lipinski definition) is 2. The van der Waals surface area contributed by atoms with Gasteiger partial charge in [-0.15, -0.1) is 0 Å². The van der Waals surface area contributed by atoms with Gasteiger partial charge in [0.05, 0.1) is 6.10 Å². The third-order valence-electron chi connectivity index (χ3n) is 4.17. The fourth-order valence-electron chi connectivity index (χ4n) is 2.71. The second-order valence-electron chi connectivity index (χ2n) is 5.70. The number of nitrogens with one attached hydrogen (secondary N) is 1. The number of fused-ring (bicyclic) bond motifs is 1. The normalized spacial score (nSPS) is 18.4. The summed E-state index contributed by atoms with van der Waals surface area (Å²) in [6.07, 6.45) is 2.60. The number of rotatable bonds is 6. The zero-order valence-electron chi connectivity index (χ0n) is 13.1. The highest BCUT2D eigenvalue weighted by Crippen LogP contribution is 2.33. The second-order valence-corrected chi connectivity index (χ2v) is 5.70. The maximum absolute atomic E-state index is 12.1. The molecule has 4 heteroatoms. The van der Waals surface area contributed by atoms with Gasteiger partial charge in [-0.25, -0.2) is 0 Å². The average molecular weight is 291 g/mol. The van der Waals surface area contributed by atoms with E-state index in [1.165, 1.54) is 0 Å². The molecule has 0 bridgehead atoms. The van der Waals surface area contributed by atoms with E-state index in [2.05, 4.69) is 19.2 Å². The van der Waals surface area contributed by atoms with E-state index in [1.807, 2.05) is 18.2 Å². The lowest BCUT2D eigenvalue weighted by Gasteiger charge is -2.19. The summed E-state index contributed by atoms with van der Waals surface area (Å²) in [7, 11) is 0. The lowest BCUT2D eigenvalue weighted by Crippen LogP contribution is -2.42. The van der Waals surface area contributed by atoms with Crippen molar-refractivity contribution in [3.63, 3.8) is 0 Å². The number of amides is 1. The van der Waals surface area contributed by atoms with Crippen molar-refractivity contribution in [1.82, 2.24) is 5.32 Å². The van der Waals surface area contributed by atoms with Crippen molar-refractivity contribution in [3.8, 4) is 5.75 Å². The molecule has 1 unspecified atom stereocenters. The minimum absolute atomic E-state index is 0.0794. The summed E-state index contributed by atoms with van der Waals surface area (Å²) >= 11 is 0. The van der Waals surface area contributed by atoms with E-state index in [0.717, 1.165) is 36.8 Å². The SMILES string of the molecule is CCC(CC)NC(=O)C(C)Oc1ccc2c(c1)CC[C@@H]2O. The second kappa shape index (κ2) is 6.94. The molecule has 0 radical (unpaired) electrons. The molecule has 2 rings (SSSR count). The van der Waals surface area contributed by atoms with Crippen LogP contribution in [-0.2, 0) is 11.2 Å². The first kappa shape index (κ1) is 15.8. The van der Waals surface area contributed by atoms with Crippen LogP contribution in [0.25, 0.3) is 0 Å². The van der Waals surface area contributed by atoms with E-state index in [-0.39, 0.29) is 18.1 Å². The fraction of sp³-hybridized carbons (Fsp3) is 0.588. The van der Waals surface area contributed by atoms with E-state index < -0.39 is 6.10 Å². The van der Waals surface area contributed by atoms with Crippen molar-refractivity contribution in [2.24, 2.45) is 0 Å². The highest BCUT2D eigenvalue weighted by molar-refractivity contribution is 5.81. The van der Waals surface area contributed by atoms with Gasteiger partial charge in [0.25, 0.3) is 5.91 Å². The van der Waals surface area contributed by atoms with Gasteiger partial charge in [-0.2, -0.15) is 0 Å². The summed E-state index contributed by atoms with van der Waals surface area (Å²) in [6.45, 7) is 5.89. The zero-order chi connectivity index (χ0) is 15.4. The molecule has 21 heavy (non-hydrogen) atoms. The zero-order valence-corrected chi connectivity index (χ0v) is 13.1. The first-order valence-electron chi connectivity index (χ1n) is 7.83. The molecule has 0 aromatic heterocycles. The van der Waals surface area contributed by atoms with Crippen molar-refractivity contribution >= 4 is 5.91 Å². The largest absolute Gasteiger partial charge is 0.481 e. The Hall–Kier alpha value is -1.55. The van der Waals surface area contributed by atoms with Crippen molar-refractivity contribution in [3.05, 3.63) is 29.3 Å². The van der Waals surface area contributed by atoms with Crippen LogP contribution in [0.3, 0.4) is 0 Å². The van der Waals surface area contributed by atoms with Gasteiger partial charge in [-0.3, -0.25) is 4.79 Å². The minimum Gasteiger partial charge on any atom is -0.481 e. The van der Waals surface area contributed by atoms with Gasteiger partial charge in [-0.1, -0.05) is 19.9 Å². The summed E-state index contributed by atoms with van der Waals surface area (Å²) in [5.74, 6) is 0.610. The standard InChI is InChI=1S/C17H25NO3/c1-4-13(5-2)18-17(20)11(3)21-14-7-8-15-12(10-14)6-9-16(15)19/h7-8,10-11,13,16,19H,4-6,9H2,1-3H3,(H,18,20)/t11?,16-/m0/s1. The van der Waals surface area contributed by atoms with Crippen molar-refractivity contribution in [2.75, 3.05) is 0 Å². The van der Waals surface area contributed by atoms with E-state index in [4.69, 9.17) is 4.74 Å². The van der Waals surface area contributed by atoms with Gasteiger partial charge >= 0.3 is 0 Å². The van der Waals surface area contributed by atoms with Crippen LogP contribution >= 0.6 is 0 Å². The first-order chi connectivity index (χ1) is 10.0. The number of ether oxygens (including phenoxy) is 1. The molecule has 0 aliphatic heterocycles. The molecule has 1 aromatic carbocycles. The molecule has 1 aliphatic rings. The third kappa shape index (κ3) is 3.76. The average Bonchev–Trinajstić information content (AvgIpc) is 2.85.